The van der Waals surface area contributed by atoms with Crippen LogP contribution in [0.2, 0.25) is 0 Å². The van der Waals surface area contributed by atoms with Gasteiger partial charge in [0.25, 0.3) is 5.91 Å². The number of ether oxygens (including phenoxy) is 1. The molecule has 2 amide bonds. The van der Waals surface area contributed by atoms with Crippen LogP contribution in [-0.2, 0) is 14.4 Å². The van der Waals surface area contributed by atoms with Crippen molar-refractivity contribution in [2.75, 3.05) is 12.4 Å². The average molecular weight is 385 g/mol. The zero-order valence-corrected chi connectivity index (χ0v) is 14.9. The minimum atomic E-state index is -1.15. The van der Waals surface area contributed by atoms with Crippen LogP contribution in [0.15, 0.2) is 30.3 Å². The van der Waals surface area contributed by atoms with E-state index in [9.17, 15) is 19.5 Å². The molecule has 3 rings (SSSR count). The summed E-state index contributed by atoms with van der Waals surface area (Å²) < 4.78 is 5.34. The Kier molecular flexibility index (Phi) is 4.83. The summed E-state index contributed by atoms with van der Waals surface area (Å²) in [5.74, 6) is -1.10. The number of para-hydroxylation sites is 1. The molecule has 134 valence electrons. The standard InChI is InChI=1S/C16H17ClN2O5S/c1-16(17)8-25-14-11(13(21)19(14)12(16)15(22)23)18-10(20)7-24-9-5-3-2-4-6-9/h2-6,11-12,14H,7-8H2,1H3,(H,18,20)(H,22,23)/t11?,12?,14-,16?/m0/s1. The van der Waals surface area contributed by atoms with Crippen molar-refractivity contribution in [1.82, 2.24) is 10.2 Å². The van der Waals surface area contributed by atoms with Crippen molar-refractivity contribution in [2.24, 2.45) is 0 Å². The maximum Gasteiger partial charge on any atom is 0.328 e. The Balaban J connectivity index is 1.59. The Morgan fingerprint density at radius 1 is 1.44 bits per heavy atom. The number of carbonyl (C=O) groups excluding carboxylic acids is 2. The van der Waals surface area contributed by atoms with Crippen LogP contribution in [0.1, 0.15) is 6.92 Å². The van der Waals surface area contributed by atoms with Crippen LogP contribution in [0.5, 0.6) is 5.75 Å². The molecule has 7 nitrogen and oxygen atoms in total. The molecule has 0 saturated carbocycles. The maximum absolute atomic E-state index is 12.3. The van der Waals surface area contributed by atoms with Crippen molar-refractivity contribution in [1.29, 1.82) is 0 Å². The number of alkyl halides is 1. The second-order valence-corrected chi connectivity index (χ2v) is 8.08. The highest BCUT2D eigenvalue weighted by Gasteiger charge is 2.61. The number of fused-ring (bicyclic) bond motifs is 1. The number of aliphatic carboxylic acids is 1. The molecule has 0 aromatic heterocycles. The van der Waals surface area contributed by atoms with Gasteiger partial charge in [-0.05, 0) is 19.1 Å². The number of β-lactam (4-membered cyclic amide) rings is 1. The Bertz CT molecular complexity index is 699. The minimum absolute atomic E-state index is 0.221. The van der Waals surface area contributed by atoms with Gasteiger partial charge in [-0.2, -0.15) is 0 Å². The molecule has 0 aliphatic carbocycles. The number of rotatable bonds is 5. The van der Waals surface area contributed by atoms with Gasteiger partial charge in [0.15, 0.2) is 6.61 Å². The fourth-order valence-corrected chi connectivity index (χ4v) is 4.75. The number of hydrogen-bond donors (Lipinski definition) is 2. The van der Waals surface area contributed by atoms with E-state index >= 15 is 0 Å². The van der Waals surface area contributed by atoms with Gasteiger partial charge < -0.3 is 20.1 Å². The molecular formula is C16H17ClN2O5S. The van der Waals surface area contributed by atoms with Crippen LogP contribution in [0.4, 0.5) is 0 Å². The topological polar surface area (TPSA) is 95.9 Å². The lowest BCUT2D eigenvalue weighted by Crippen LogP contribution is -2.78. The molecule has 2 heterocycles. The lowest BCUT2D eigenvalue weighted by Gasteiger charge is -2.55. The van der Waals surface area contributed by atoms with Crippen LogP contribution in [0, 0.1) is 0 Å². The van der Waals surface area contributed by atoms with Crippen molar-refractivity contribution in [2.45, 2.75) is 29.3 Å². The van der Waals surface area contributed by atoms with Gasteiger partial charge in [-0.1, -0.05) is 18.2 Å². The fourth-order valence-electron chi connectivity index (χ4n) is 2.94. The van der Waals surface area contributed by atoms with E-state index in [-0.39, 0.29) is 6.61 Å². The summed E-state index contributed by atoms with van der Waals surface area (Å²) in [6.07, 6.45) is 0. The SMILES string of the molecule is CC1(Cl)CS[C@H]2C(NC(=O)COc3ccccc3)C(=O)N2C1C(=O)O. The third-order valence-corrected chi connectivity index (χ3v) is 6.23. The Labute approximate surface area is 153 Å². The average Bonchev–Trinajstić information content (AvgIpc) is 2.57. The Morgan fingerprint density at radius 3 is 2.76 bits per heavy atom. The van der Waals surface area contributed by atoms with E-state index in [0.717, 1.165) is 0 Å². The number of nitrogens with one attached hydrogen (secondary N) is 1. The minimum Gasteiger partial charge on any atom is -0.484 e. The van der Waals surface area contributed by atoms with Crippen LogP contribution in [0.3, 0.4) is 0 Å². The molecule has 25 heavy (non-hydrogen) atoms. The molecule has 1 aromatic carbocycles. The normalized spacial score (nSPS) is 30.9. The summed E-state index contributed by atoms with van der Waals surface area (Å²) in [4.78, 5) is 36.1. The summed E-state index contributed by atoms with van der Waals surface area (Å²) in [6, 6.07) is 6.98. The molecule has 0 radical (unpaired) electrons. The lowest BCUT2D eigenvalue weighted by molar-refractivity contribution is -0.164. The van der Waals surface area contributed by atoms with E-state index in [1.165, 1.54) is 16.7 Å². The van der Waals surface area contributed by atoms with E-state index < -0.39 is 40.1 Å². The third-order valence-electron chi connectivity index (χ3n) is 4.13. The molecule has 2 saturated heterocycles. The van der Waals surface area contributed by atoms with E-state index in [2.05, 4.69) is 5.32 Å². The molecule has 3 unspecified atom stereocenters. The first-order valence-electron chi connectivity index (χ1n) is 7.64. The number of halogens is 1. The van der Waals surface area contributed by atoms with Crippen LogP contribution in [-0.4, -0.2) is 62.5 Å². The largest absolute Gasteiger partial charge is 0.484 e. The second-order valence-electron chi connectivity index (χ2n) is 6.11. The number of amides is 2. The van der Waals surface area contributed by atoms with E-state index in [1.807, 2.05) is 6.07 Å². The molecule has 2 fully saturated rings. The van der Waals surface area contributed by atoms with Gasteiger partial charge in [-0.25, -0.2) is 4.79 Å². The predicted octanol–water partition coefficient (Wildman–Crippen LogP) is 0.916. The fraction of sp³-hybridized carbons (Fsp3) is 0.438. The third kappa shape index (κ3) is 3.41. The van der Waals surface area contributed by atoms with Crippen molar-refractivity contribution < 1.29 is 24.2 Å². The number of carbonyl (C=O) groups is 3. The maximum atomic E-state index is 12.3. The van der Waals surface area contributed by atoms with Crippen molar-refractivity contribution in [3.8, 4) is 5.75 Å². The van der Waals surface area contributed by atoms with Crippen molar-refractivity contribution in [3.63, 3.8) is 0 Å². The number of hydrogen-bond acceptors (Lipinski definition) is 5. The van der Waals surface area contributed by atoms with E-state index in [4.69, 9.17) is 16.3 Å². The summed E-state index contributed by atoms with van der Waals surface area (Å²) in [7, 11) is 0. The van der Waals surface area contributed by atoms with E-state index in [0.29, 0.717) is 11.5 Å². The van der Waals surface area contributed by atoms with Crippen molar-refractivity contribution in [3.05, 3.63) is 30.3 Å². The Morgan fingerprint density at radius 2 is 2.12 bits per heavy atom. The van der Waals surface area contributed by atoms with Gasteiger partial charge in [-0.3, -0.25) is 9.59 Å². The molecule has 2 aliphatic rings. The number of thioether (sulfide) groups is 1. The van der Waals surface area contributed by atoms with Crippen molar-refractivity contribution >= 4 is 41.1 Å². The summed E-state index contributed by atoms with van der Waals surface area (Å²) in [6.45, 7) is 1.38. The van der Waals surface area contributed by atoms with Gasteiger partial charge in [0, 0.05) is 5.75 Å². The highest BCUT2D eigenvalue weighted by Crippen LogP contribution is 2.44. The first-order valence-corrected chi connectivity index (χ1v) is 9.06. The molecule has 2 N–H and O–H groups in total. The molecule has 0 spiro atoms. The van der Waals surface area contributed by atoms with Gasteiger partial charge >= 0.3 is 5.97 Å². The molecule has 1 aromatic rings. The molecule has 4 atom stereocenters. The number of nitrogens with zero attached hydrogens (tertiary/aromatic N) is 1. The quantitative estimate of drug-likeness (QED) is 0.579. The van der Waals surface area contributed by atoms with Gasteiger partial charge in [0.05, 0.1) is 4.87 Å². The monoisotopic (exact) mass is 384 g/mol. The Hall–Kier alpha value is -1.93. The molecular weight excluding hydrogens is 368 g/mol. The zero-order valence-electron chi connectivity index (χ0n) is 13.3. The summed E-state index contributed by atoms with van der Waals surface area (Å²) >= 11 is 7.62. The molecule has 0 bridgehead atoms. The van der Waals surface area contributed by atoms with Crippen LogP contribution in [0.25, 0.3) is 0 Å². The first-order chi connectivity index (χ1) is 11.8. The molecule has 2 aliphatic heterocycles. The van der Waals surface area contributed by atoms with Gasteiger partial charge in [0.1, 0.15) is 23.2 Å². The number of benzene rings is 1. The van der Waals surface area contributed by atoms with Crippen LogP contribution < -0.4 is 10.1 Å². The van der Waals surface area contributed by atoms with Gasteiger partial charge in [0.2, 0.25) is 5.91 Å². The van der Waals surface area contributed by atoms with Gasteiger partial charge in [-0.15, -0.1) is 23.4 Å². The molecule has 9 heteroatoms. The number of carboxylic acid groups (broad SMARTS) is 1. The second kappa shape index (κ2) is 6.76. The predicted molar refractivity (Wildman–Crippen MR) is 92.6 cm³/mol. The number of carboxylic acids is 1. The first kappa shape index (κ1) is 17.9. The van der Waals surface area contributed by atoms with E-state index in [1.54, 1.807) is 31.2 Å². The highest BCUT2D eigenvalue weighted by atomic mass is 35.5. The smallest absolute Gasteiger partial charge is 0.328 e. The lowest BCUT2D eigenvalue weighted by atomic mass is 9.94. The summed E-state index contributed by atoms with van der Waals surface area (Å²) in [5, 5.41) is 11.6. The highest BCUT2D eigenvalue weighted by molar-refractivity contribution is 8.00. The zero-order chi connectivity index (χ0) is 18.2. The summed E-state index contributed by atoms with van der Waals surface area (Å²) in [5.41, 5.74) is 0. The van der Waals surface area contributed by atoms with Crippen LogP contribution >= 0.6 is 23.4 Å².